The molecule has 1 amide bonds. The summed E-state index contributed by atoms with van der Waals surface area (Å²) in [7, 11) is 1.57. The van der Waals surface area contributed by atoms with E-state index in [9.17, 15) is 4.79 Å². The number of pyridine rings is 1. The predicted molar refractivity (Wildman–Crippen MR) is 110 cm³/mol. The van der Waals surface area contributed by atoms with Crippen LogP contribution in [0.5, 0.6) is 5.75 Å². The molecule has 0 saturated heterocycles. The van der Waals surface area contributed by atoms with Gasteiger partial charge < -0.3 is 10.1 Å². The van der Waals surface area contributed by atoms with Crippen molar-refractivity contribution in [1.82, 2.24) is 19.7 Å². The topological polar surface area (TPSA) is 81.9 Å². The van der Waals surface area contributed by atoms with Crippen molar-refractivity contribution >= 4 is 23.4 Å². The summed E-state index contributed by atoms with van der Waals surface area (Å²) in [5.41, 5.74) is 1.54. The molecule has 2 aromatic heterocycles. The number of carbonyl (C=O) groups is 1. The van der Waals surface area contributed by atoms with E-state index in [2.05, 4.69) is 27.1 Å². The minimum absolute atomic E-state index is 0.145. The van der Waals surface area contributed by atoms with Crippen molar-refractivity contribution in [1.29, 1.82) is 0 Å². The average Bonchev–Trinajstić information content (AvgIpc) is 3.11. The van der Waals surface area contributed by atoms with E-state index < -0.39 is 0 Å². The van der Waals surface area contributed by atoms with Gasteiger partial charge in [0.05, 0.1) is 18.0 Å². The zero-order chi connectivity index (χ0) is 19.9. The Morgan fingerprint density at radius 3 is 2.75 bits per heavy atom. The third kappa shape index (κ3) is 4.40. The van der Waals surface area contributed by atoms with Crippen LogP contribution in [0.4, 0.5) is 5.69 Å². The number of amides is 1. The minimum atomic E-state index is -0.386. The molecule has 28 heavy (non-hydrogen) atoms. The Kier molecular flexibility index (Phi) is 6.44. The van der Waals surface area contributed by atoms with E-state index in [0.717, 1.165) is 5.56 Å². The molecule has 1 atom stereocenters. The molecule has 1 aromatic carbocycles. The van der Waals surface area contributed by atoms with Gasteiger partial charge in [0.1, 0.15) is 5.75 Å². The van der Waals surface area contributed by atoms with E-state index in [-0.39, 0.29) is 11.2 Å². The zero-order valence-electron chi connectivity index (χ0n) is 15.7. The van der Waals surface area contributed by atoms with Gasteiger partial charge in [-0.25, -0.2) is 0 Å². The highest BCUT2D eigenvalue weighted by Gasteiger charge is 2.21. The smallest absolute Gasteiger partial charge is 0.237 e. The highest BCUT2D eigenvalue weighted by molar-refractivity contribution is 8.00. The van der Waals surface area contributed by atoms with Crippen LogP contribution in [-0.2, 0) is 11.3 Å². The summed E-state index contributed by atoms with van der Waals surface area (Å²) >= 11 is 1.34. The quantitative estimate of drug-likeness (QED) is 0.463. The van der Waals surface area contributed by atoms with Crippen LogP contribution in [0.15, 0.2) is 66.6 Å². The number of anilines is 1. The highest BCUT2D eigenvalue weighted by Crippen LogP contribution is 2.29. The molecule has 0 aliphatic carbocycles. The number of nitrogens with zero attached hydrogens (tertiary/aromatic N) is 4. The van der Waals surface area contributed by atoms with Gasteiger partial charge in [0.15, 0.2) is 11.0 Å². The molecule has 0 aliphatic rings. The second-order valence-corrected chi connectivity index (χ2v) is 7.20. The third-order valence-electron chi connectivity index (χ3n) is 3.98. The van der Waals surface area contributed by atoms with Crippen molar-refractivity contribution in [3.05, 3.63) is 61.4 Å². The maximum absolute atomic E-state index is 12.7. The van der Waals surface area contributed by atoms with Crippen LogP contribution >= 0.6 is 11.8 Å². The maximum Gasteiger partial charge on any atom is 0.237 e. The van der Waals surface area contributed by atoms with Crippen LogP contribution in [0, 0.1) is 0 Å². The van der Waals surface area contributed by atoms with Crippen LogP contribution < -0.4 is 10.1 Å². The number of allylic oxidation sites excluding steroid dienone is 1. The predicted octanol–water partition coefficient (Wildman–Crippen LogP) is 3.65. The number of hydrogen-bond donors (Lipinski definition) is 1. The first-order valence-electron chi connectivity index (χ1n) is 8.69. The number of para-hydroxylation sites is 2. The average molecular weight is 395 g/mol. The number of aromatic nitrogens is 4. The first-order chi connectivity index (χ1) is 13.6. The fourth-order valence-electron chi connectivity index (χ4n) is 2.58. The van der Waals surface area contributed by atoms with E-state index in [1.165, 1.54) is 11.8 Å². The normalized spacial score (nSPS) is 11.6. The second kappa shape index (κ2) is 9.18. The molecular weight excluding hydrogens is 374 g/mol. The van der Waals surface area contributed by atoms with Crippen molar-refractivity contribution in [2.45, 2.75) is 23.9 Å². The second-order valence-electron chi connectivity index (χ2n) is 5.89. The Bertz CT molecular complexity index is 958. The summed E-state index contributed by atoms with van der Waals surface area (Å²) in [6, 6.07) is 11.0. The lowest BCUT2D eigenvalue weighted by molar-refractivity contribution is -0.115. The molecule has 2 heterocycles. The number of carbonyl (C=O) groups excluding carboxylic acids is 1. The minimum Gasteiger partial charge on any atom is -0.495 e. The van der Waals surface area contributed by atoms with Crippen molar-refractivity contribution in [2.75, 3.05) is 12.4 Å². The molecule has 0 bridgehead atoms. The largest absolute Gasteiger partial charge is 0.495 e. The van der Waals surface area contributed by atoms with Crippen molar-refractivity contribution < 1.29 is 9.53 Å². The van der Waals surface area contributed by atoms with Crippen molar-refractivity contribution in [2.24, 2.45) is 0 Å². The summed E-state index contributed by atoms with van der Waals surface area (Å²) < 4.78 is 7.21. The molecule has 1 N–H and O–H groups in total. The Hall–Kier alpha value is -3.13. The monoisotopic (exact) mass is 395 g/mol. The molecule has 0 radical (unpaired) electrons. The van der Waals surface area contributed by atoms with Gasteiger partial charge in [0, 0.05) is 24.5 Å². The first-order valence-corrected chi connectivity index (χ1v) is 9.57. The third-order valence-corrected chi connectivity index (χ3v) is 5.06. The number of hydrogen-bond acceptors (Lipinski definition) is 6. The summed E-state index contributed by atoms with van der Waals surface area (Å²) in [5.74, 6) is 1.18. The van der Waals surface area contributed by atoms with Crippen LogP contribution in [0.3, 0.4) is 0 Å². The Morgan fingerprint density at radius 1 is 1.29 bits per heavy atom. The van der Waals surface area contributed by atoms with Gasteiger partial charge in [-0.15, -0.1) is 16.8 Å². The van der Waals surface area contributed by atoms with Gasteiger partial charge in [-0.2, -0.15) is 0 Å². The number of rotatable bonds is 8. The number of ether oxygens (including phenoxy) is 1. The molecule has 0 spiro atoms. The summed E-state index contributed by atoms with van der Waals surface area (Å²) in [6.07, 6.45) is 5.19. The fraction of sp³-hybridized carbons (Fsp3) is 0.200. The Balaban J connectivity index is 1.78. The van der Waals surface area contributed by atoms with E-state index in [1.54, 1.807) is 37.7 Å². The maximum atomic E-state index is 12.7. The van der Waals surface area contributed by atoms with Gasteiger partial charge >= 0.3 is 0 Å². The van der Waals surface area contributed by atoms with Crippen molar-refractivity contribution in [3.63, 3.8) is 0 Å². The molecule has 0 fully saturated rings. The number of methoxy groups -OCH3 is 1. The van der Waals surface area contributed by atoms with Gasteiger partial charge in [-0.3, -0.25) is 14.3 Å². The van der Waals surface area contributed by atoms with E-state index >= 15 is 0 Å². The molecule has 144 valence electrons. The molecule has 3 rings (SSSR count). The Labute approximate surface area is 167 Å². The lowest BCUT2D eigenvalue weighted by Gasteiger charge is -2.14. The zero-order valence-corrected chi connectivity index (χ0v) is 16.5. The lowest BCUT2D eigenvalue weighted by Crippen LogP contribution is -2.23. The highest BCUT2D eigenvalue weighted by atomic mass is 32.2. The van der Waals surface area contributed by atoms with Crippen molar-refractivity contribution in [3.8, 4) is 17.1 Å². The first kappa shape index (κ1) is 19.6. The van der Waals surface area contributed by atoms with Crippen LogP contribution in [-0.4, -0.2) is 38.0 Å². The number of benzene rings is 1. The van der Waals surface area contributed by atoms with Gasteiger partial charge in [0.2, 0.25) is 5.91 Å². The van der Waals surface area contributed by atoms with Crippen LogP contribution in [0.25, 0.3) is 11.4 Å². The number of nitrogens with one attached hydrogen (secondary N) is 1. The summed E-state index contributed by atoms with van der Waals surface area (Å²) in [5, 5.41) is 11.7. The van der Waals surface area contributed by atoms with Gasteiger partial charge in [0.25, 0.3) is 0 Å². The van der Waals surface area contributed by atoms with E-state index in [4.69, 9.17) is 4.74 Å². The van der Waals surface area contributed by atoms with E-state index in [1.807, 2.05) is 35.8 Å². The number of thioether (sulfide) groups is 1. The van der Waals surface area contributed by atoms with E-state index in [0.29, 0.717) is 29.0 Å². The van der Waals surface area contributed by atoms with Crippen LogP contribution in [0.1, 0.15) is 6.92 Å². The summed E-state index contributed by atoms with van der Waals surface area (Å²) in [4.78, 5) is 16.7. The molecule has 7 nitrogen and oxygen atoms in total. The molecule has 0 aliphatic heterocycles. The SMILES string of the molecule is C=CCn1c(SC(C)C(=O)Nc2ccccc2OC)nnc1-c1ccncc1. The lowest BCUT2D eigenvalue weighted by atomic mass is 10.2. The molecule has 1 unspecified atom stereocenters. The van der Waals surface area contributed by atoms with Gasteiger partial charge in [-0.1, -0.05) is 30.0 Å². The molecular formula is C20H21N5O2S. The van der Waals surface area contributed by atoms with Gasteiger partial charge in [-0.05, 0) is 31.2 Å². The molecule has 3 aromatic rings. The molecule has 0 saturated carbocycles. The fourth-order valence-corrected chi connectivity index (χ4v) is 3.44. The molecule has 8 heteroatoms. The van der Waals surface area contributed by atoms with Crippen LogP contribution in [0.2, 0.25) is 0 Å². The Morgan fingerprint density at radius 2 is 2.04 bits per heavy atom. The summed E-state index contributed by atoms with van der Waals surface area (Å²) in [6.45, 7) is 6.17. The standard InChI is InChI=1S/C20H21N5O2S/c1-4-13-25-18(15-9-11-21-12-10-15)23-24-20(25)28-14(2)19(26)22-16-7-5-6-8-17(16)27-3/h4-12,14H,1,13H2,2-3H3,(H,22,26).